The maximum absolute atomic E-state index is 13.4. The van der Waals surface area contributed by atoms with Crippen LogP contribution in [0.5, 0.6) is 0 Å². The van der Waals surface area contributed by atoms with Crippen LogP contribution in [0.4, 0.5) is 15.3 Å². The molecular formula is C31H39N5O6. The maximum atomic E-state index is 13.4. The summed E-state index contributed by atoms with van der Waals surface area (Å²) >= 11 is 0. The van der Waals surface area contributed by atoms with Crippen molar-refractivity contribution < 1.29 is 28.7 Å². The number of esters is 1. The van der Waals surface area contributed by atoms with Gasteiger partial charge < -0.3 is 25.2 Å². The highest BCUT2D eigenvalue weighted by Gasteiger charge is 2.45. The van der Waals surface area contributed by atoms with Gasteiger partial charge in [-0.2, -0.15) is 0 Å². The third-order valence-electron chi connectivity index (χ3n) is 8.18. The monoisotopic (exact) mass is 577 g/mol. The first kappa shape index (κ1) is 29.3. The van der Waals surface area contributed by atoms with Gasteiger partial charge in [0.15, 0.2) is 0 Å². The van der Waals surface area contributed by atoms with E-state index in [4.69, 9.17) is 4.74 Å². The van der Waals surface area contributed by atoms with Gasteiger partial charge in [0.2, 0.25) is 5.91 Å². The number of likely N-dealkylation sites (tertiary alicyclic amines) is 1. The van der Waals surface area contributed by atoms with E-state index in [9.17, 15) is 24.0 Å². The summed E-state index contributed by atoms with van der Waals surface area (Å²) in [5.41, 5.74) is 1.88. The van der Waals surface area contributed by atoms with Gasteiger partial charge in [0, 0.05) is 42.6 Å². The summed E-state index contributed by atoms with van der Waals surface area (Å²) in [7, 11) is 0. The van der Waals surface area contributed by atoms with Crippen LogP contribution in [0.1, 0.15) is 63.2 Å². The van der Waals surface area contributed by atoms with Crippen LogP contribution in [0.25, 0.3) is 0 Å². The number of benzene rings is 1. The molecule has 0 radical (unpaired) electrons. The van der Waals surface area contributed by atoms with Crippen molar-refractivity contribution in [2.24, 2.45) is 11.8 Å². The van der Waals surface area contributed by atoms with E-state index in [2.05, 4.69) is 10.6 Å². The molecule has 3 fully saturated rings. The largest absolute Gasteiger partial charge is 0.462 e. The quantitative estimate of drug-likeness (QED) is 0.451. The molecule has 2 N–H and O–H groups in total. The van der Waals surface area contributed by atoms with Crippen molar-refractivity contribution in [1.29, 1.82) is 0 Å². The minimum atomic E-state index is -0.457. The molecule has 1 unspecified atom stereocenters. The molecule has 42 heavy (non-hydrogen) atoms. The van der Waals surface area contributed by atoms with Crippen molar-refractivity contribution in [2.75, 3.05) is 31.6 Å². The van der Waals surface area contributed by atoms with E-state index in [1.54, 1.807) is 47.1 Å². The summed E-state index contributed by atoms with van der Waals surface area (Å²) in [6, 6.07) is 5.58. The first-order valence-electron chi connectivity index (χ1n) is 14.9. The number of carbonyl (C=O) groups is 5. The number of urea groups is 2. The molecule has 6 amide bonds. The first-order chi connectivity index (χ1) is 20.2. The van der Waals surface area contributed by atoms with E-state index >= 15 is 0 Å². The van der Waals surface area contributed by atoms with Gasteiger partial charge in [0.25, 0.3) is 5.91 Å². The number of amides is 6. The average molecular weight is 578 g/mol. The van der Waals surface area contributed by atoms with Crippen LogP contribution in [0, 0.1) is 11.8 Å². The van der Waals surface area contributed by atoms with Gasteiger partial charge in [-0.1, -0.05) is 12.1 Å². The molecule has 224 valence electrons. The molecule has 1 aromatic rings. The zero-order valence-electron chi connectivity index (χ0n) is 24.4. The number of ether oxygens (including phenoxy) is 1. The fraction of sp³-hybridized carbons (Fsp3) is 0.516. The van der Waals surface area contributed by atoms with Crippen LogP contribution in [0.3, 0.4) is 0 Å². The van der Waals surface area contributed by atoms with E-state index < -0.39 is 11.9 Å². The van der Waals surface area contributed by atoms with Crippen molar-refractivity contribution in [3.05, 3.63) is 53.3 Å². The first-order valence-corrected chi connectivity index (χ1v) is 14.9. The minimum Gasteiger partial charge on any atom is -0.462 e. The predicted octanol–water partition coefficient (Wildman–Crippen LogP) is 3.89. The Balaban J connectivity index is 1.22. The number of piperidine rings is 1. The Kier molecular flexibility index (Phi) is 8.65. The molecular weight excluding hydrogens is 538 g/mol. The number of nitrogens with zero attached hydrogens (tertiary/aromatic N) is 3. The van der Waals surface area contributed by atoms with Crippen LogP contribution < -0.4 is 10.6 Å². The molecule has 2 heterocycles. The molecule has 2 aliphatic carbocycles. The van der Waals surface area contributed by atoms with Crippen LogP contribution in [0.15, 0.2) is 47.7 Å². The smallest absolute Gasteiger partial charge is 0.338 e. The van der Waals surface area contributed by atoms with Gasteiger partial charge in [-0.25, -0.2) is 14.4 Å². The summed E-state index contributed by atoms with van der Waals surface area (Å²) in [6.07, 6.45) is 7.32. The highest BCUT2D eigenvalue weighted by molar-refractivity contribution is 6.08. The van der Waals surface area contributed by atoms with Crippen molar-refractivity contribution >= 4 is 35.5 Å². The second-order valence-electron chi connectivity index (χ2n) is 11.7. The minimum absolute atomic E-state index is 0.0747. The normalized spacial score (nSPS) is 22.3. The fourth-order valence-corrected chi connectivity index (χ4v) is 5.82. The number of carbonyl (C=O) groups excluding carboxylic acids is 5. The van der Waals surface area contributed by atoms with E-state index in [1.807, 2.05) is 19.9 Å². The lowest BCUT2D eigenvalue weighted by Crippen LogP contribution is -2.61. The second-order valence-corrected chi connectivity index (χ2v) is 11.7. The highest BCUT2D eigenvalue weighted by Crippen LogP contribution is 2.35. The predicted molar refractivity (Wildman–Crippen MR) is 155 cm³/mol. The van der Waals surface area contributed by atoms with Crippen molar-refractivity contribution in [2.45, 2.75) is 65.0 Å². The van der Waals surface area contributed by atoms with Gasteiger partial charge in [0.1, 0.15) is 0 Å². The number of allylic oxidation sites excluding steroid dienone is 1. The Bertz CT molecular complexity index is 1330. The van der Waals surface area contributed by atoms with Gasteiger partial charge in [-0.05, 0) is 83.1 Å². The van der Waals surface area contributed by atoms with Crippen LogP contribution in [-0.4, -0.2) is 82.9 Å². The Morgan fingerprint density at radius 2 is 1.88 bits per heavy atom. The van der Waals surface area contributed by atoms with E-state index in [0.29, 0.717) is 60.8 Å². The molecule has 2 aliphatic heterocycles. The number of rotatable bonds is 8. The lowest BCUT2D eigenvalue weighted by atomic mass is 9.91. The third-order valence-corrected chi connectivity index (χ3v) is 8.18. The van der Waals surface area contributed by atoms with Crippen LogP contribution in [-0.2, 0) is 14.3 Å². The van der Waals surface area contributed by atoms with Crippen molar-refractivity contribution in [3.63, 3.8) is 0 Å². The SMILES string of the molecule is CCOC(=O)c1cccc(NC(=O)C2CCCN(C(=O)NC3=CC[C@H]4C(=C3)C(=O)N(CC3CC3)C(=O)N4C(C)C)C2)c1. The Hall–Kier alpha value is -4.15. The number of imide groups is 1. The highest BCUT2D eigenvalue weighted by atomic mass is 16.5. The van der Waals surface area contributed by atoms with E-state index in [0.717, 1.165) is 12.8 Å². The van der Waals surface area contributed by atoms with E-state index in [1.165, 1.54) is 4.90 Å². The Morgan fingerprint density at radius 1 is 1.10 bits per heavy atom. The summed E-state index contributed by atoms with van der Waals surface area (Å²) in [4.78, 5) is 69.7. The van der Waals surface area contributed by atoms with Gasteiger partial charge in [0.05, 0.1) is 24.1 Å². The molecule has 4 aliphatic rings. The standard InChI is InChI=1S/C31H39N5O6/c1-4-42-29(39)21-7-5-9-23(15-21)32-27(37)22-8-6-14-34(18-22)30(40)33-24-12-13-26-25(16-24)28(38)35(17-20-10-11-20)31(41)36(26)19(2)3/h5,7,9,12,15-16,19-20,22,26H,4,6,8,10-11,13-14,17-18H2,1-3H3,(H,32,37)(H,33,40)/t22?,26-/m0/s1. The summed E-state index contributed by atoms with van der Waals surface area (Å²) in [6.45, 7) is 7.06. The lowest BCUT2D eigenvalue weighted by Gasteiger charge is -2.45. The zero-order valence-corrected chi connectivity index (χ0v) is 24.4. The molecule has 2 atom stereocenters. The molecule has 5 rings (SSSR count). The zero-order chi connectivity index (χ0) is 30.0. The number of anilines is 1. The lowest BCUT2D eigenvalue weighted by molar-refractivity contribution is -0.128. The third kappa shape index (κ3) is 6.34. The Labute approximate surface area is 245 Å². The number of fused-ring (bicyclic) bond motifs is 1. The van der Waals surface area contributed by atoms with Crippen molar-refractivity contribution in [3.8, 4) is 0 Å². The van der Waals surface area contributed by atoms with Crippen LogP contribution in [0.2, 0.25) is 0 Å². The molecule has 11 nitrogen and oxygen atoms in total. The second kappa shape index (κ2) is 12.4. The van der Waals surface area contributed by atoms with Gasteiger partial charge in [-0.3, -0.25) is 14.5 Å². The van der Waals surface area contributed by atoms with Gasteiger partial charge in [-0.15, -0.1) is 0 Å². The topological polar surface area (TPSA) is 128 Å². The number of hydrogen-bond donors (Lipinski definition) is 2. The molecule has 1 saturated carbocycles. The summed E-state index contributed by atoms with van der Waals surface area (Å²) in [5, 5.41) is 5.79. The van der Waals surface area contributed by atoms with Crippen LogP contribution >= 0.6 is 0 Å². The average Bonchev–Trinajstić information content (AvgIpc) is 3.80. The molecule has 0 spiro atoms. The molecule has 2 saturated heterocycles. The molecule has 0 bridgehead atoms. The molecule has 1 aromatic carbocycles. The molecule has 0 aromatic heterocycles. The maximum Gasteiger partial charge on any atom is 0.338 e. The molecule has 11 heteroatoms. The Morgan fingerprint density at radius 3 is 2.60 bits per heavy atom. The van der Waals surface area contributed by atoms with E-state index in [-0.39, 0.29) is 49.1 Å². The van der Waals surface area contributed by atoms with Gasteiger partial charge >= 0.3 is 18.0 Å². The summed E-state index contributed by atoms with van der Waals surface area (Å²) in [5.74, 6) is -1.01. The fourth-order valence-electron chi connectivity index (χ4n) is 5.82. The number of nitrogens with one attached hydrogen (secondary N) is 2. The number of hydrogen-bond acceptors (Lipinski definition) is 6. The summed E-state index contributed by atoms with van der Waals surface area (Å²) < 4.78 is 5.04. The van der Waals surface area contributed by atoms with Crippen molar-refractivity contribution in [1.82, 2.24) is 20.0 Å².